The second-order valence-corrected chi connectivity index (χ2v) is 9.98. The molecule has 0 saturated carbocycles. The molecule has 0 unspecified atom stereocenters. The molecule has 2 aromatic rings. The van der Waals surface area contributed by atoms with Gasteiger partial charge in [0.25, 0.3) is 0 Å². The average Bonchev–Trinajstić information content (AvgIpc) is 2.83. The molecule has 1 aliphatic heterocycles. The van der Waals surface area contributed by atoms with Crippen LogP contribution in [0.1, 0.15) is 25.3 Å². The third-order valence-corrected chi connectivity index (χ3v) is 7.67. The van der Waals surface area contributed by atoms with Crippen LogP contribution in [0.2, 0.25) is 5.02 Å². The minimum Gasteiger partial charge on any atom is -0.493 e. The summed E-state index contributed by atoms with van der Waals surface area (Å²) < 4.78 is 43.6. The number of carbonyl (C=O) groups excluding carboxylic acids is 1. The lowest BCUT2D eigenvalue weighted by molar-refractivity contribution is -0.126. The molecule has 33 heavy (non-hydrogen) atoms. The first-order valence-corrected chi connectivity index (χ1v) is 12.5. The summed E-state index contributed by atoms with van der Waals surface area (Å²) in [5, 5.41) is 3.14. The quantitative estimate of drug-likeness (QED) is 0.571. The molecule has 0 aromatic heterocycles. The predicted molar refractivity (Wildman–Crippen MR) is 125 cm³/mol. The number of hydrogen-bond donors (Lipinski definition) is 1. The fraction of sp³-hybridized carbons (Fsp3) is 0.435. The molecule has 0 aliphatic carbocycles. The molecular weight excluding hydrogens is 468 g/mol. The van der Waals surface area contributed by atoms with Crippen molar-refractivity contribution in [2.24, 2.45) is 5.92 Å². The predicted octanol–water partition coefficient (Wildman–Crippen LogP) is 3.47. The molecule has 0 bridgehead atoms. The standard InChI is InChI=1S/C23H29ClN2O6S/c1-4-32-20-10-8-18(13-19(20)24)33(28,29)26-11-5-6-17(15-26)23(27)25-14-16-7-9-21(30-2)22(12-16)31-3/h7-10,12-13,17H,4-6,11,14-15H2,1-3H3,(H,25,27)/t17-/m1/s1. The van der Waals surface area contributed by atoms with Gasteiger partial charge in [-0.15, -0.1) is 0 Å². The van der Waals surface area contributed by atoms with Crippen LogP contribution >= 0.6 is 11.6 Å². The van der Waals surface area contributed by atoms with E-state index in [4.69, 9.17) is 25.8 Å². The molecule has 1 aliphatic rings. The Morgan fingerprint density at radius 3 is 2.52 bits per heavy atom. The van der Waals surface area contributed by atoms with Crippen LogP contribution in [0, 0.1) is 5.92 Å². The van der Waals surface area contributed by atoms with E-state index in [9.17, 15) is 13.2 Å². The second-order valence-electron chi connectivity index (χ2n) is 7.63. The van der Waals surface area contributed by atoms with Gasteiger partial charge < -0.3 is 19.5 Å². The van der Waals surface area contributed by atoms with E-state index in [0.29, 0.717) is 49.8 Å². The van der Waals surface area contributed by atoms with Crippen LogP contribution in [-0.4, -0.2) is 52.5 Å². The normalized spacial score (nSPS) is 16.8. The van der Waals surface area contributed by atoms with Gasteiger partial charge in [-0.2, -0.15) is 4.31 Å². The molecule has 1 heterocycles. The maximum Gasteiger partial charge on any atom is 0.243 e. The zero-order valence-electron chi connectivity index (χ0n) is 19.0. The highest BCUT2D eigenvalue weighted by Gasteiger charge is 2.33. The Labute approximate surface area is 199 Å². The van der Waals surface area contributed by atoms with Gasteiger partial charge in [-0.05, 0) is 55.7 Å². The van der Waals surface area contributed by atoms with E-state index < -0.39 is 15.9 Å². The Morgan fingerprint density at radius 1 is 1.12 bits per heavy atom. The Hall–Kier alpha value is -2.49. The van der Waals surface area contributed by atoms with Gasteiger partial charge in [0.1, 0.15) is 5.75 Å². The molecule has 8 nitrogen and oxygen atoms in total. The maximum absolute atomic E-state index is 13.2. The topological polar surface area (TPSA) is 94.2 Å². The van der Waals surface area contributed by atoms with Crippen LogP contribution in [0.5, 0.6) is 17.2 Å². The number of ether oxygens (including phenoxy) is 3. The summed E-state index contributed by atoms with van der Waals surface area (Å²) in [6.45, 7) is 3.03. The summed E-state index contributed by atoms with van der Waals surface area (Å²) >= 11 is 6.18. The first kappa shape index (κ1) is 25.1. The molecular formula is C23H29ClN2O6S. The Kier molecular flexibility index (Phi) is 8.45. The zero-order valence-corrected chi connectivity index (χ0v) is 20.5. The molecule has 0 radical (unpaired) electrons. The van der Waals surface area contributed by atoms with E-state index >= 15 is 0 Å². The van der Waals surface area contributed by atoms with E-state index in [1.54, 1.807) is 32.4 Å². The molecule has 2 aromatic carbocycles. The number of halogens is 1. The van der Waals surface area contributed by atoms with E-state index in [2.05, 4.69) is 5.32 Å². The van der Waals surface area contributed by atoms with Crippen molar-refractivity contribution in [3.63, 3.8) is 0 Å². The van der Waals surface area contributed by atoms with Crippen LogP contribution in [-0.2, 0) is 21.4 Å². The summed E-state index contributed by atoms with van der Waals surface area (Å²) in [4.78, 5) is 12.9. The summed E-state index contributed by atoms with van der Waals surface area (Å²) in [5.74, 6) is 0.994. The van der Waals surface area contributed by atoms with Crippen molar-refractivity contribution < 1.29 is 27.4 Å². The minimum absolute atomic E-state index is 0.0855. The Morgan fingerprint density at radius 2 is 1.85 bits per heavy atom. The van der Waals surface area contributed by atoms with Gasteiger partial charge in [0, 0.05) is 19.6 Å². The van der Waals surface area contributed by atoms with E-state index in [1.807, 2.05) is 13.0 Å². The minimum atomic E-state index is -3.78. The number of hydrogen-bond acceptors (Lipinski definition) is 6. The molecule has 1 atom stereocenters. The molecule has 1 N–H and O–H groups in total. The first-order chi connectivity index (χ1) is 15.8. The van der Waals surface area contributed by atoms with Crippen molar-refractivity contribution >= 4 is 27.5 Å². The van der Waals surface area contributed by atoms with E-state index in [1.165, 1.54) is 16.4 Å². The number of rotatable bonds is 9. The van der Waals surface area contributed by atoms with Crippen molar-refractivity contribution in [3.8, 4) is 17.2 Å². The van der Waals surface area contributed by atoms with Crippen LogP contribution < -0.4 is 19.5 Å². The summed E-state index contributed by atoms with van der Waals surface area (Å²) in [6.07, 6.45) is 1.21. The molecule has 10 heteroatoms. The van der Waals surface area contributed by atoms with Gasteiger partial charge in [-0.25, -0.2) is 8.42 Å². The molecule has 1 saturated heterocycles. The van der Waals surface area contributed by atoms with E-state index in [0.717, 1.165) is 5.56 Å². The fourth-order valence-electron chi connectivity index (χ4n) is 3.76. The molecule has 180 valence electrons. The number of benzene rings is 2. The lowest BCUT2D eigenvalue weighted by Gasteiger charge is -2.31. The lowest BCUT2D eigenvalue weighted by Crippen LogP contribution is -2.45. The second kappa shape index (κ2) is 11.1. The van der Waals surface area contributed by atoms with Gasteiger partial charge >= 0.3 is 0 Å². The highest BCUT2D eigenvalue weighted by molar-refractivity contribution is 7.89. The number of carbonyl (C=O) groups is 1. The first-order valence-electron chi connectivity index (χ1n) is 10.7. The van der Waals surface area contributed by atoms with E-state index in [-0.39, 0.29) is 22.4 Å². The number of amides is 1. The van der Waals surface area contributed by atoms with Gasteiger partial charge in [0.05, 0.1) is 36.7 Å². The van der Waals surface area contributed by atoms with Crippen molar-refractivity contribution in [1.29, 1.82) is 0 Å². The third-order valence-electron chi connectivity index (χ3n) is 5.51. The number of nitrogens with zero attached hydrogens (tertiary/aromatic N) is 1. The average molecular weight is 497 g/mol. The molecule has 1 fully saturated rings. The van der Waals surface area contributed by atoms with Crippen LogP contribution in [0.15, 0.2) is 41.3 Å². The fourth-order valence-corrected chi connectivity index (χ4v) is 5.61. The molecule has 1 amide bonds. The highest BCUT2D eigenvalue weighted by Crippen LogP contribution is 2.31. The van der Waals surface area contributed by atoms with Crippen molar-refractivity contribution in [2.75, 3.05) is 33.9 Å². The summed E-state index contributed by atoms with van der Waals surface area (Å²) in [5.41, 5.74) is 0.852. The summed E-state index contributed by atoms with van der Waals surface area (Å²) in [6, 6.07) is 9.84. The van der Waals surface area contributed by atoms with Gasteiger partial charge in [0.15, 0.2) is 11.5 Å². The Bertz CT molecular complexity index is 1090. The number of sulfonamides is 1. The van der Waals surface area contributed by atoms with Crippen LogP contribution in [0.3, 0.4) is 0 Å². The SMILES string of the molecule is CCOc1ccc(S(=O)(=O)N2CCC[C@@H](C(=O)NCc3ccc(OC)c(OC)c3)C2)cc1Cl. The molecule has 0 spiro atoms. The van der Waals surface area contributed by atoms with Gasteiger partial charge in [0.2, 0.25) is 15.9 Å². The number of piperidine rings is 1. The highest BCUT2D eigenvalue weighted by atomic mass is 35.5. The van der Waals surface area contributed by atoms with Crippen molar-refractivity contribution in [1.82, 2.24) is 9.62 Å². The van der Waals surface area contributed by atoms with Crippen molar-refractivity contribution in [3.05, 3.63) is 47.0 Å². The Balaban J connectivity index is 1.66. The number of nitrogens with one attached hydrogen (secondary N) is 1. The third kappa shape index (κ3) is 5.90. The van der Waals surface area contributed by atoms with Gasteiger partial charge in [-0.1, -0.05) is 17.7 Å². The monoisotopic (exact) mass is 496 g/mol. The van der Waals surface area contributed by atoms with Gasteiger partial charge in [-0.3, -0.25) is 4.79 Å². The largest absolute Gasteiger partial charge is 0.493 e. The summed E-state index contributed by atoms with van der Waals surface area (Å²) in [7, 11) is -0.674. The van der Waals surface area contributed by atoms with Crippen LogP contribution in [0.25, 0.3) is 0 Å². The maximum atomic E-state index is 13.2. The molecule has 3 rings (SSSR count). The van der Waals surface area contributed by atoms with Crippen molar-refractivity contribution in [2.45, 2.75) is 31.2 Å². The smallest absolute Gasteiger partial charge is 0.243 e. The van der Waals surface area contributed by atoms with Crippen LogP contribution in [0.4, 0.5) is 0 Å². The lowest BCUT2D eigenvalue weighted by atomic mass is 9.98. The zero-order chi connectivity index (χ0) is 24.0. The number of methoxy groups -OCH3 is 2.